The minimum absolute atomic E-state index is 0.199. The summed E-state index contributed by atoms with van der Waals surface area (Å²) >= 11 is 0. The molecule has 0 fully saturated rings. The summed E-state index contributed by atoms with van der Waals surface area (Å²) in [5.74, 6) is 0. The highest BCUT2D eigenvalue weighted by molar-refractivity contribution is 7.87. The van der Waals surface area contributed by atoms with Crippen LogP contribution in [0.2, 0.25) is 0 Å². The molecule has 0 bridgehead atoms. The molecule has 0 radical (unpaired) electrons. The summed E-state index contributed by atoms with van der Waals surface area (Å²) in [4.78, 5) is 0. The minimum Gasteiger partial charge on any atom is -0.329 e. The molecule has 0 aliphatic heterocycles. The van der Waals surface area contributed by atoms with Crippen LogP contribution >= 0.6 is 0 Å². The largest absolute Gasteiger partial charge is 0.329 e. The third-order valence-corrected chi connectivity index (χ3v) is 3.06. The Morgan fingerprint density at radius 1 is 1.36 bits per heavy atom. The highest BCUT2D eigenvalue weighted by atomic mass is 32.2. The van der Waals surface area contributed by atoms with Gasteiger partial charge in [0.2, 0.25) is 0 Å². The van der Waals surface area contributed by atoms with Crippen molar-refractivity contribution in [2.24, 2.45) is 5.73 Å². The van der Waals surface area contributed by atoms with Crippen molar-refractivity contribution in [1.29, 1.82) is 0 Å². The average molecular weight is 223 g/mol. The number of rotatable bonds is 5. The summed E-state index contributed by atoms with van der Waals surface area (Å²) in [6.07, 6.45) is 0.682. The van der Waals surface area contributed by atoms with Crippen LogP contribution in [-0.4, -0.2) is 26.5 Å². The van der Waals surface area contributed by atoms with Crippen LogP contribution in [0.15, 0.2) is 0 Å². The lowest BCUT2D eigenvalue weighted by Gasteiger charge is -2.23. The van der Waals surface area contributed by atoms with E-state index in [0.29, 0.717) is 13.0 Å². The number of nitrogens with one attached hydrogen (secondary N) is 2. The molecule has 0 saturated carbocycles. The smallest absolute Gasteiger partial charge is 0.277 e. The second-order valence-corrected chi connectivity index (χ2v) is 5.76. The van der Waals surface area contributed by atoms with Crippen molar-refractivity contribution in [1.82, 2.24) is 9.44 Å². The van der Waals surface area contributed by atoms with Crippen LogP contribution in [0.5, 0.6) is 0 Å². The van der Waals surface area contributed by atoms with Crippen LogP contribution < -0.4 is 15.2 Å². The van der Waals surface area contributed by atoms with Crippen molar-refractivity contribution < 1.29 is 8.42 Å². The quantitative estimate of drug-likeness (QED) is 0.611. The van der Waals surface area contributed by atoms with Crippen LogP contribution in [0.3, 0.4) is 0 Å². The van der Waals surface area contributed by atoms with E-state index < -0.39 is 15.7 Å². The molecule has 5 nitrogen and oxygen atoms in total. The fourth-order valence-corrected chi connectivity index (χ4v) is 2.52. The first-order valence-electron chi connectivity index (χ1n) is 4.71. The number of hydrogen-bond donors (Lipinski definition) is 3. The first-order chi connectivity index (χ1) is 6.20. The second-order valence-electron chi connectivity index (χ2n) is 4.31. The third kappa shape index (κ3) is 6.31. The van der Waals surface area contributed by atoms with Crippen LogP contribution in [0.25, 0.3) is 0 Å². The van der Waals surface area contributed by atoms with E-state index in [1.165, 1.54) is 0 Å². The summed E-state index contributed by atoms with van der Waals surface area (Å²) in [6, 6.07) is -0.199. The van der Waals surface area contributed by atoms with Gasteiger partial charge >= 0.3 is 0 Å². The Morgan fingerprint density at radius 3 is 2.14 bits per heavy atom. The van der Waals surface area contributed by atoms with Gasteiger partial charge in [-0.15, -0.1) is 0 Å². The zero-order chi connectivity index (χ0) is 11.4. The molecule has 0 spiro atoms. The normalized spacial score (nSPS) is 15.5. The molecule has 0 saturated heterocycles. The van der Waals surface area contributed by atoms with E-state index in [1.807, 2.05) is 6.92 Å². The predicted octanol–water partition coefficient (Wildman–Crippen LogP) is -0.0538. The summed E-state index contributed by atoms with van der Waals surface area (Å²) < 4.78 is 28.0. The molecular weight excluding hydrogens is 202 g/mol. The Balaban J connectivity index is 4.35. The summed E-state index contributed by atoms with van der Waals surface area (Å²) in [7, 11) is -3.44. The fraction of sp³-hybridized carbons (Fsp3) is 1.00. The topological polar surface area (TPSA) is 84.2 Å². The van der Waals surface area contributed by atoms with E-state index >= 15 is 0 Å². The standard InChI is InChI=1S/C8H21N3O2S/c1-5-7(6-9)10-14(12,13)11-8(2,3)4/h7,10-11H,5-6,9H2,1-4H3. The van der Waals surface area contributed by atoms with Crippen molar-refractivity contribution in [3.8, 4) is 0 Å². The average Bonchev–Trinajstić information content (AvgIpc) is 1.95. The van der Waals surface area contributed by atoms with Crippen molar-refractivity contribution in [3.63, 3.8) is 0 Å². The van der Waals surface area contributed by atoms with E-state index in [9.17, 15) is 8.42 Å². The first kappa shape index (κ1) is 13.8. The van der Waals surface area contributed by atoms with Gasteiger partial charge in [-0.2, -0.15) is 17.9 Å². The molecule has 0 aliphatic carbocycles. The van der Waals surface area contributed by atoms with Gasteiger partial charge in [-0.1, -0.05) is 6.92 Å². The van der Waals surface area contributed by atoms with Crippen LogP contribution in [0, 0.1) is 0 Å². The van der Waals surface area contributed by atoms with Crippen molar-refractivity contribution in [2.75, 3.05) is 6.54 Å². The van der Waals surface area contributed by atoms with Gasteiger partial charge in [0.25, 0.3) is 10.2 Å². The molecule has 0 aromatic carbocycles. The highest BCUT2D eigenvalue weighted by Crippen LogP contribution is 2.01. The van der Waals surface area contributed by atoms with Gasteiger partial charge in [0.15, 0.2) is 0 Å². The molecule has 4 N–H and O–H groups in total. The van der Waals surface area contributed by atoms with Gasteiger partial charge in [0.1, 0.15) is 0 Å². The molecule has 0 aliphatic rings. The lowest BCUT2D eigenvalue weighted by molar-refractivity contribution is 0.471. The molecule has 1 unspecified atom stereocenters. The van der Waals surface area contributed by atoms with Gasteiger partial charge in [-0.05, 0) is 27.2 Å². The third-order valence-electron chi connectivity index (χ3n) is 1.54. The van der Waals surface area contributed by atoms with Crippen molar-refractivity contribution in [2.45, 2.75) is 45.7 Å². The molecule has 0 heterocycles. The minimum atomic E-state index is -3.44. The van der Waals surface area contributed by atoms with Crippen LogP contribution in [0.4, 0.5) is 0 Å². The van der Waals surface area contributed by atoms with Crippen molar-refractivity contribution in [3.05, 3.63) is 0 Å². The Morgan fingerprint density at radius 2 is 1.86 bits per heavy atom. The number of hydrogen-bond acceptors (Lipinski definition) is 3. The molecule has 14 heavy (non-hydrogen) atoms. The maximum atomic E-state index is 11.5. The Kier molecular flexibility index (Phi) is 5.00. The van der Waals surface area contributed by atoms with E-state index in [-0.39, 0.29) is 6.04 Å². The van der Waals surface area contributed by atoms with E-state index in [0.717, 1.165) is 0 Å². The van der Waals surface area contributed by atoms with Gasteiger partial charge < -0.3 is 5.73 Å². The van der Waals surface area contributed by atoms with E-state index in [2.05, 4.69) is 9.44 Å². The van der Waals surface area contributed by atoms with E-state index in [4.69, 9.17) is 5.73 Å². The van der Waals surface area contributed by atoms with Crippen molar-refractivity contribution >= 4 is 10.2 Å². The number of nitrogens with two attached hydrogens (primary N) is 1. The molecule has 0 amide bonds. The summed E-state index contributed by atoms with van der Waals surface area (Å²) in [6.45, 7) is 7.56. The molecule has 6 heteroatoms. The van der Waals surface area contributed by atoms with Gasteiger partial charge in [0.05, 0.1) is 0 Å². The highest BCUT2D eigenvalue weighted by Gasteiger charge is 2.21. The van der Waals surface area contributed by atoms with E-state index in [1.54, 1.807) is 20.8 Å². The molecule has 0 aromatic heterocycles. The predicted molar refractivity (Wildman–Crippen MR) is 58.1 cm³/mol. The molecule has 0 aromatic rings. The fourth-order valence-electron chi connectivity index (χ4n) is 0.950. The lowest BCUT2D eigenvalue weighted by Crippen LogP contribution is -2.51. The lowest BCUT2D eigenvalue weighted by atomic mass is 10.1. The SMILES string of the molecule is CCC(CN)NS(=O)(=O)NC(C)(C)C. The summed E-state index contributed by atoms with van der Waals surface area (Å²) in [5, 5.41) is 0. The van der Waals surface area contributed by atoms with Crippen LogP contribution in [0.1, 0.15) is 34.1 Å². The second kappa shape index (κ2) is 5.06. The first-order valence-corrected chi connectivity index (χ1v) is 6.20. The van der Waals surface area contributed by atoms with Gasteiger partial charge in [-0.3, -0.25) is 0 Å². The maximum Gasteiger partial charge on any atom is 0.277 e. The molecular formula is C8H21N3O2S. The van der Waals surface area contributed by atoms with Gasteiger partial charge in [0, 0.05) is 18.1 Å². The Labute approximate surface area is 86.6 Å². The zero-order valence-electron chi connectivity index (χ0n) is 9.29. The monoisotopic (exact) mass is 223 g/mol. The Bertz CT molecular complexity index is 252. The van der Waals surface area contributed by atoms with Crippen LogP contribution in [-0.2, 0) is 10.2 Å². The Hall–Kier alpha value is -0.170. The van der Waals surface area contributed by atoms with Gasteiger partial charge in [-0.25, -0.2) is 0 Å². The molecule has 86 valence electrons. The molecule has 1 atom stereocenters. The zero-order valence-corrected chi connectivity index (χ0v) is 10.1. The summed E-state index contributed by atoms with van der Waals surface area (Å²) in [5.41, 5.74) is 4.93. The molecule has 0 rings (SSSR count). The maximum absolute atomic E-state index is 11.5.